The van der Waals surface area contributed by atoms with Gasteiger partial charge in [0.15, 0.2) is 29.2 Å². The molecule has 1 aromatic carbocycles. The minimum atomic E-state index is -1.30. The molecular weight excluding hydrogens is 498 g/mol. The lowest BCUT2D eigenvalue weighted by atomic mass is 10.1. The number of amides is 2. The first-order chi connectivity index (χ1) is 18.1. The highest BCUT2D eigenvalue weighted by Gasteiger charge is 2.43. The van der Waals surface area contributed by atoms with Crippen LogP contribution in [0, 0.1) is 0 Å². The third kappa shape index (κ3) is 5.27. The first-order valence-electron chi connectivity index (χ1n) is 11.4. The van der Waals surface area contributed by atoms with Crippen molar-refractivity contribution < 1.29 is 34.8 Å². The number of likely N-dealkylation sites (N-methyl/N-ethyl adjacent to an activating group) is 1. The Morgan fingerprint density at radius 2 is 1.95 bits per heavy atom. The zero-order valence-corrected chi connectivity index (χ0v) is 20.5. The summed E-state index contributed by atoms with van der Waals surface area (Å²) in [6.45, 7) is -0.0245. The number of carbonyl (C=O) groups excluding carboxylic acids is 2. The number of phenolic OH excluding ortho intramolecular Hbond substituents is 2. The average molecular weight is 526 g/mol. The van der Waals surface area contributed by atoms with Crippen molar-refractivity contribution in [3.05, 3.63) is 54.1 Å². The molecule has 14 heteroatoms. The maximum atomic E-state index is 12.6. The topological polar surface area (TPSA) is 209 Å². The molecule has 2 aromatic heterocycles. The van der Waals surface area contributed by atoms with Crippen LogP contribution in [0.2, 0.25) is 0 Å². The van der Waals surface area contributed by atoms with Crippen LogP contribution in [0.25, 0.3) is 17.2 Å². The van der Waals surface area contributed by atoms with Crippen molar-refractivity contribution in [3.63, 3.8) is 0 Å². The van der Waals surface area contributed by atoms with Crippen molar-refractivity contribution >= 4 is 34.9 Å². The minimum Gasteiger partial charge on any atom is -0.504 e. The molecule has 14 nitrogen and oxygen atoms in total. The second-order valence-corrected chi connectivity index (χ2v) is 8.70. The fourth-order valence-electron chi connectivity index (χ4n) is 3.81. The van der Waals surface area contributed by atoms with Crippen LogP contribution in [-0.4, -0.2) is 95.6 Å². The van der Waals surface area contributed by atoms with Crippen LogP contribution >= 0.6 is 0 Å². The van der Waals surface area contributed by atoms with Gasteiger partial charge in [-0.1, -0.05) is 12.2 Å². The van der Waals surface area contributed by atoms with E-state index in [2.05, 4.69) is 20.3 Å². The molecule has 4 rings (SSSR count). The third-order valence-electron chi connectivity index (χ3n) is 5.86. The van der Waals surface area contributed by atoms with Gasteiger partial charge in [-0.05, 0) is 23.8 Å². The number of nitrogens with two attached hydrogens (primary N) is 1. The lowest BCUT2D eigenvalue weighted by Crippen LogP contribution is -2.31. The van der Waals surface area contributed by atoms with Gasteiger partial charge in [-0.3, -0.25) is 14.2 Å². The summed E-state index contributed by atoms with van der Waals surface area (Å²) in [7, 11) is 3.16. The zero-order valence-electron chi connectivity index (χ0n) is 20.5. The summed E-state index contributed by atoms with van der Waals surface area (Å²) in [6.07, 6.45) is 3.78. The van der Waals surface area contributed by atoms with E-state index in [1.165, 1.54) is 58.6 Å². The highest BCUT2D eigenvalue weighted by Crippen LogP contribution is 2.33. The minimum absolute atomic E-state index is 0.0245. The number of anilines is 1. The number of hydrogen-bond acceptors (Lipinski definition) is 11. The zero-order chi connectivity index (χ0) is 27.6. The maximum Gasteiger partial charge on any atom is 0.255 e. The largest absolute Gasteiger partial charge is 0.504 e. The fourth-order valence-corrected chi connectivity index (χ4v) is 3.81. The number of rotatable bonds is 7. The van der Waals surface area contributed by atoms with Crippen molar-refractivity contribution in [1.82, 2.24) is 29.7 Å². The number of aliphatic hydroxyl groups is 2. The van der Waals surface area contributed by atoms with Crippen molar-refractivity contribution in [2.75, 3.05) is 26.4 Å². The van der Waals surface area contributed by atoms with Crippen LogP contribution < -0.4 is 11.1 Å². The quantitative estimate of drug-likeness (QED) is 0.132. The second-order valence-electron chi connectivity index (χ2n) is 8.70. The number of aromatic nitrogens is 4. The van der Waals surface area contributed by atoms with Gasteiger partial charge < -0.3 is 41.1 Å². The Labute approximate surface area is 216 Å². The van der Waals surface area contributed by atoms with Crippen LogP contribution in [0.4, 0.5) is 5.82 Å². The van der Waals surface area contributed by atoms with Crippen LogP contribution in [0.5, 0.6) is 11.5 Å². The van der Waals surface area contributed by atoms with Gasteiger partial charge in [0, 0.05) is 26.7 Å². The number of nitrogens with one attached hydrogen (secondary N) is 1. The van der Waals surface area contributed by atoms with Crippen LogP contribution in [0.15, 0.2) is 43.0 Å². The van der Waals surface area contributed by atoms with Crippen molar-refractivity contribution in [2.24, 2.45) is 0 Å². The van der Waals surface area contributed by atoms with Gasteiger partial charge in [-0.25, -0.2) is 15.0 Å². The normalized spacial score (nSPS) is 21.5. The van der Waals surface area contributed by atoms with E-state index >= 15 is 0 Å². The van der Waals surface area contributed by atoms with Gasteiger partial charge in [-0.2, -0.15) is 0 Å². The SMILES string of the molecule is CN(C)C(=O)/C=C/c1cc(O)c(O)c(C(=O)NC/C=C/[C@H]2O[C@@H](n3cnc4c(N)ncnc43)[C@H](O)[C@@H]2O)c1. The molecule has 2 amide bonds. The number of ether oxygens (including phenoxy) is 1. The van der Waals surface area contributed by atoms with Gasteiger partial charge in [0.1, 0.15) is 30.2 Å². The number of aliphatic hydroxyl groups excluding tert-OH is 2. The van der Waals surface area contributed by atoms with Crippen LogP contribution in [0.1, 0.15) is 22.1 Å². The van der Waals surface area contributed by atoms with E-state index in [4.69, 9.17) is 10.5 Å². The summed E-state index contributed by atoms with van der Waals surface area (Å²) in [5.41, 5.74) is 6.59. The molecule has 1 aliphatic heterocycles. The second kappa shape index (κ2) is 10.8. The van der Waals surface area contributed by atoms with E-state index in [1.807, 2.05) is 0 Å². The van der Waals surface area contributed by atoms with E-state index < -0.39 is 41.9 Å². The number of imidazole rings is 1. The van der Waals surface area contributed by atoms with E-state index in [1.54, 1.807) is 14.1 Å². The molecule has 7 N–H and O–H groups in total. The Morgan fingerprint density at radius 1 is 1.18 bits per heavy atom. The van der Waals surface area contributed by atoms with Gasteiger partial charge >= 0.3 is 0 Å². The van der Waals surface area contributed by atoms with Gasteiger partial charge in [0.25, 0.3) is 5.91 Å². The molecule has 1 aliphatic rings. The standard InChI is InChI=1S/C24H27N7O7/c1-30(2)16(33)6-5-12-8-13(18(34)14(32)9-12)23(37)26-7-3-4-15-19(35)20(36)24(38-15)31-11-29-17-21(25)27-10-28-22(17)31/h3-6,8-11,15,19-20,24,32,34-36H,7H2,1-2H3,(H,26,37)(H2,25,27,28)/b4-3+,6-5+/t15-,19-,20-,24-/m1/s1. The Bertz CT molecular complexity index is 1420. The first kappa shape index (κ1) is 26.5. The molecule has 0 saturated carbocycles. The van der Waals surface area contributed by atoms with E-state index in [0.29, 0.717) is 16.7 Å². The number of nitrogen functional groups attached to an aromatic ring is 1. The number of carbonyl (C=O) groups is 2. The van der Waals surface area contributed by atoms with Crippen molar-refractivity contribution in [1.29, 1.82) is 0 Å². The monoisotopic (exact) mass is 525 g/mol. The lowest BCUT2D eigenvalue weighted by Gasteiger charge is -2.16. The Balaban J connectivity index is 1.40. The van der Waals surface area contributed by atoms with Gasteiger partial charge in [0.05, 0.1) is 11.9 Å². The van der Waals surface area contributed by atoms with Gasteiger partial charge in [-0.15, -0.1) is 0 Å². The maximum absolute atomic E-state index is 12.6. The third-order valence-corrected chi connectivity index (χ3v) is 5.86. The molecule has 3 aromatic rings. The summed E-state index contributed by atoms with van der Waals surface area (Å²) >= 11 is 0. The van der Waals surface area contributed by atoms with Crippen LogP contribution in [0.3, 0.4) is 0 Å². The fraction of sp³-hybridized carbons (Fsp3) is 0.292. The highest BCUT2D eigenvalue weighted by molar-refractivity contribution is 5.99. The first-order valence-corrected chi connectivity index (χ1v) is 11.4. The van der Waals surface area contributed by atoms with E-state index in [-0.39, 0.29) is 23.8 Å². The predicted octanol–water partition coefficient (Wildman–Crippen LogP) is -0.473. The molecule has 0 bridgehead atoms. The molecule has 3 heterocycles. The highest BCUT2D eigenvalue weighted by atomic mass is 16.6. The molecule has 1 fully saturated rings. The Kier molecular flexibility index (Phi) is 7.57. The van der Waals surface area contributed by atoms with Crippen molar-refractivity contribution in [2.45, 2.75) is 24.5 Å². The molecule has 38 heavy (non-hydrogen) atoms. The van der Waals surface area contributed by atoms with Gasteiger partial charge in [0.2, 0.25) is 5.91 Å². The molecule has 0 aliphatic carbocycles. The molecule has 200 valence electrons. The number of phenols is 2. The number of nitrogens with zero attached hydrogens (tertiary/aromatic N) is 5. The number of fused-ring (bicyclic) bond motifs is 1. The number of hydrogen-bond donors (Lipinski definition) is 6. The molecule has 0 spiro atoms. The summed E-state index contributed by atoms with van der Waals surface area (Å²) in [6, 6.07) is 2.54. The summed E-state index contributed by atoms with van der Waals surface area (Å²) in [4.78, 5) is 37.8. The molecule has 4 atom stereocenters. The number of aromatic hydroxyl groups is 2. The molecule has 0 radical (unpaired) electrons. The molecular formula is C24H27N7O7. The van der Waals surface area contributed by atoms with E-state index in [0.717, 1.165) is 0 Å². The Hall–Kier alpha value is -4.53. The summed E-state index contributed by atoms with van der Waals surface area (Å²) in [5, 5.41) is 43.7. The summed E-state index contributed by atoms with van der Waals surface area (Å²) in [5.74, 6) is -1.95. The smallest absolute Gasteiger partial charge is 0.255 e. The Morgan fingerprint density at radius 3 is 2.68 bits per heavy atom. The van der Waals surface area contributed by atoms with Crippen LogP contribution in [-0.2, 0) is 9.53 Å². The van der Waals surface area contributed by atoms with Crippen molar-refractivity contribution in [3.8, 4) is 11.5 Å². The lowest BCUT2D eigenvalue weighted by molar-refractivity contribution is -0.123. The summed E-state index contributed by atoms with van der Waals surface area (Å²) < 4.78 is 7.24. The molecule has 0 unspecified atom stereocenters. The number of benzene rings is 1. The molecule has 1 saturated heterocycles. The van der Waals surface area contributed by atoms with E-state index in [9.17, 15) is 30.0 Å². The average Bonchev–Trinajstić information content (AvgIpc) is 3.43. The predicted molar refractivity (Wildman–Crippen MR) is 135 cm³/mol.